The van der Waals surface area contributed by atoms with Gasteiger partial charge in [-0.15, -0.1) is 0 Å². The second-order valence-corrected chi connectivity index (χ2v) is 6.71. The first-order valence-electron chi connectivity index (χ1n) is 7.90. The van der Waals surface area contributed by atoms with Gasteiger partial charge >= 0.3 is 0 Å². The van der Waals surface area contributed by atoms with Gasteiger partial charge < -0.3 is 10.1 Å². The van der Waals surface area contributed by atoms with Crippen LogP contribution in [0.1, 0.15) is 44.9 Å². The molecule has 0 spiro atoms. The van der Waals surface area contributed by atoms with E-state index in [1.807, 2.05) is 19.1 Å². The zero-order valence-corrected chi connectivity index (χ0v) is 14.3. The van der Waals surface area contributed by atoms with Gasteiger partial charge in [0.25, 0.3) is 0 Å². The summed E-state index contributed by atoms with van der Waals surface area (Å²) < 4.78 is 5.68. The van der Waals surface area contributed by atoms with Crippen molar-refractivity contribution in [3.05, 3.63) is 41.6 Å². The number of hydrogen-bond acceptors (Lipinski definition) is 3. The Bertz CT molecular complexity index is 639. The number of benzene rings is 1. The maximum Gasteiger partial charge on any atom is 0.225 e. The molecule has 124 valence electrons. The average molecular weight is 315 g/mol. The SMILES string of the molecule is Cc1cc(NC(=O)CCCOc2ccc(C(C)(C)C)cc2)n[nH]1. The van der Waals surface area contributed by atoms with E-state index >= 15 is 0 Å². The highest BCUT2D eigenvalue weighted by atomic mass is 16.5. The number of carbonyl (C=O) groups is 1. The van der Waals surface area contributed by atoms with Gasteiger partial charge in [0, 0.05) is 18.2 Å². The summed E-state index contributed by atoms with van der Waals surface area (Å²) >= 11 is 0. The number of rotatable bonds is 6. The summed E-state index contributed by atoms with van der Waals surface area (Å²) in [4.78, 5) is 11.8. The monoisotopic (exact) mass is 315 g/mol. The number of carbonyl (C=O) groups excluding carboxylic acids is 1. The average Bonchev–Trinajstić information content (AvgIpc) is 2.88. The summed E-state index contributed by atoms with van der Waals surface area (Å²) in [6.45, 7) is 8.95. The van der Waals surface area contributed by atoms with Gasteiger partial charge in [-0.2, -0.15) is 5.10 Å². The topological polar surface area (TPSA) is 67.0 Å². The van der Waals surface area contributed by atoms with E-state index in [1.54, 1.807) is 6.07 Å². The second kappa shape index (κ2) is 7.31. The van der Waals surface area contributed by atoms with Crippen molar-refractivity contribution in [1.29, 1.82) is 0 Å². The van der Waals surface area contributed by atoms with Gasteiger partial charge in [-0.25, -0.2) is 0 Å². The van der Waals surface area contributed by atoms with E-state index in [4.69, 9.17) is 4.74 Å². The molecule has 1 heterocycles. The third kappa shape index (κ3) is 5.43. The molecule has 1 amide bonds. The fraction of sp³-hybridized carbons (Fsp3) is 0.444. The van der Waals surface area contributed by atoms with Gasteiger partial charge in [0.2, 0.25) is 5.91 Å². The lowest BCUT2D eigenvalue weighted by Crippen LogP contribution is -2.13. The number of nitrogens with zero attached hydrogens (tertiary/aromatic N) is 1. The molecule has 0 atom stereocenters. The standard InChI is InChI=1S/C18H25N3O2/c1-13-12-16(21-20-13)19-17(22)6-5-11-23-15-9-7-14(8-10-15)18(2,3)4/h7-10,12H,5-6,11H2,1-4H3,(H2,19,20,21,22). The molecule has 0 unspecified atom stereocenters. The number of aromatic nitrogens is 2. The summed E-state index contributed by atoms with van der Waals surface area (Å²) in [6.07, 6.45) is 1.07. The molecule has 5 nitrogen and oxygen atoms in total. The van der Waals surface area contributed by atoms with E-state index in [1.165, 1.54) is 5.56 Å². The lowest BCUT2D eigenvalue weighted by atomic mass is 9.87. The molecule has 2 rings (SSSR count). The van der Waals surface area contributed by atoms with Crippen molar-refractivity contribution in [3.63, 3.8) is 0 Å². The highest BCUT2D eigenvalue weighted by Gasteiger charge is 2.13. The van der Waals surface area contributed by atoms with Gasteiger partial charge in [-0.1, -0.05) is 32.9 Å². The van der Waals surface area contributed by atoms with Crippen molar-refractivity contribution >= 4 is 11.7 Å². The Morgan fingerprint density at radius 2 is 1.96 bits per heavy atom. The molecule has 0 aliphatic carbocycles. The minimum absolute atomic E-state index is 0.0526. The third-order valence-corrected chi connectivity index (χ3v) is 3.51. The maximum absolute atomic E-state index is 11.8. The predicted octanol–water partition coefficient (Wildman–Crippen LogP) is 3.81. The van der Waals surface area contributed by atoms with Gasteiger partial charge in [-0.05, 0) is 36.5 Å². The molecule has 0 saturated heterocycles. The van der Waals surface area contributed by atoms with Crippen LogP contribution in [0.5, 0.6) is 5.75 Å². The molecule has 0 saturated carbocycles. The van der Waals surface area contributed by atoms with E-state index in [-0.39, 0.29) is 11.3 Å². The molecule has 1 aromatic heterocycles. The summed E-state index contributed by atoms with van der Waals surface area (Å²) in [7, 11) is 0. The summed E-state index contributed by atoms with van der Waals surface area (Å²) in [6, 6.07) is 9.93. The zero-order valence-electron chi connectivity index (χ0n) is 14.3. The molecule has 1 aromatic carbocycles. The highest BCUT2D eigenvalue weighted by molar-refractivity contribution is 5.89. The van der Waals surface area contributed by atoms with Crippen LogP contribution >= 0.6 is 0 Å². The van der Waals surface area contributed by atoms with Crippen molar-refractivity contribution < 1.29 is 9.53 Å². The van der Waals surface area contributed by atoms with E-state index in [2.05, 4.69) is 48.4 Å². The number of ether oxygens (including phenoxy) is 1. The molecule has 2 N–H and O–H groups in total. The fourth-order valence-electron chi connectivity index (χ4n) is 2.16. The summed E-state index contributed by atoms with van der Waals surface area (Å²) in [5.41, 5.74) is 2.34. The minimum atomic E-state index is -0.0526. The molecule has 2 aromatic rings. The van der Waals surface area contributed by atoms with E-state index in [0.29, 0.717) is 25.3 Å². The van der Waals surface area contributed by atoms with Crippen LogP contribution in [0.4, 0.5) is 5.82 Å². The van der Waals surface area contributed by atoms with Crippen LogP contribution in [0.2, 0.25) is 0 Å². The highest BCUT2D eigenvalue weighted by Crippen LogP contribution is 2.24. The molecular formula is C18H25N3O2. The Hall–Kier alpha value is -2.30. The molecule has 0 aliphatic rings. The van der Waals surface area contributed by atoms with Crippen LogP contribution in [-0.4, -0.2) is 22.7 Å². The Labute approximate surface area is 137 Å². The normalized spacial score (nSPS) is 11.3. The van der Waals surface area contributed by atoms with Gasteiger partial charge in [-0.3, -0.25) is 9.89 Å². The van der Waals surface area contributed by atoms with E-state index in [0.717, 1.165) is 11.4 Å². The zero-order chi connectivity index (χ0) is 16.9. The van der Waals surface area contributed by atoms with Crippen LogP contribution in [0.3, 0.4) is 0 Å². The van der Waals surface area contributed by atoms with Crippen LogP contribution in [0.25, 0.3) is 0 Å². The fourth-order valence-corrected chi connectivity index (χ4v) is 2.16. The Kier molecular flexibility index (Phi) is 5.42. The second-order valence-electron chi connectivity index (χ2n) is 6.71. The lowest BCUT2D eigenvalue weighted by molar-refractivity contribution is -0.116. The number of aromatic amines is 1. The van der Waals surface area contributed by atoms with Crippen molar-refractivity contribution in [2.24, 2.45) is 0 Å². The predicted molar refractivity (Wildman–Crippen MR) is 91.8 cm³/mol. The summed E-state index contributed by atoms with van der Waals surface area (Å²) in [5, 5.41) is 9.51. The molecule has 5 heteroatoms. The molecule has 0 fully saturated rings. The number of hydrogen-bond donors (Lipinski definition) is 2. The number of nitrogens with one attached hydrogen (secondary N) is 2. The van der Waals surface area contributed by atoms with E-state index in [9.17, 15) is 4.79 Å². The van der Waals surface area contributed by atoms with Crippen LogP contribution < -0.4 is 10.1 Å². The number of H-pyrrole nitrogens is 1. The maximum atomic E-state index is 11.8. The first kappa shape index (κ1) is 17.1. The van der Waals surface area contributed by atoms with Gasteiger partial charge in [0.15, 0.2) is 5.82 Å². The quantitative estimate of drug-likeness (QED) is 0.796. The Balaban J connectivity index is 1.70. The number of aryl methyl sites for hydroxylation is 1. The largest absolute Gasteiger partial charge is 0.494 e. The van der Waals surface area contributed by atoms with Crippen molar-refractivity contribution in [1.82, 2.24) is 10.2 Å². The minimum Gasteiger partial charge on any atom is -0.494 e. The van der Waals surface area contributed by atoms with Crippen molar-refractivity contribution in [3.8, 4) is 5.75 Å². The first-order chi connectivity index (χ1) is 10.8. The lowest BCUT2D eigenvalue weighted by Gasteiger charge is -2.19. The molecule has 0 bridgehead atoms. The van der Waals surface area contributed by atoms with Crippen molar-refractivity contribution in [2.45, 2.75) is 46.0 Å². The molecule has 0 aliphatic heterocycles. The van der Waals surface area contributed by atoms with Crippen LogP contribution in [0, 0.1) is 6.92 Å². The van der Waals surface area contributed by atoms with E-state index < -0.39 is 0 Å². The molecule has 0 radical (unpaired) electrons. The molecular weight excluding hydrogens is 290 g/mol. The number of amides is 1. The first-order valence-corrected chi connectivity index (χ1v) is 7.90. The smallest absolute Gasteiger partial charge is 0.225 e. The van der Waals surface area contributed by atoms with Gasteiger partial charge in [0.05, 0.1) is 6.61 Å². The van der Waals surface area contributed by atoms with Crippen molar-refractivity contribution in [2.75, 3.05) is 11.9 Å². The van der Waals surface area contributed by atoms with Gasteiger partial charge in [0.1, 0.15) is 5.75 Å². The Morgan fingerprint density at radius 3 is 2.52 bits per heavy atom. The summed E-state index contributed by atoms with van der Waals surface area (Å²) in [5.74, 6) is 1.34. The Morgan fingerprint density at radius 1 is 1.26 bits per heavy atom. The third-order valence-electron chi connectivity index (χ3n) is 3.51. The molecule has 23 heavy (non-hydrogen) atoms. The van der Waals surface area contributed by atoms with Crippen LogP contribution in [-0.2, 0) is 10.2 Å². The number of anilines is 1. The van der Waals surface area contributed by atoms with Crippen LogP contribution in [0.15, 0.2) is 30.3 Å².